The van der Waals surface area contributed by atoms with Crippen molar-refractivity contribution in [1.29, 1.82) is 0 Å². The molecule has 0 saturated heterocycles. The van der Waals surface area contributed by atoms with Crippen LogP contribution in [0.2, 0.25) is 0 Å². The van der Waals surface area contributed by atoms with E-state index in [4.69, 9.17) is 0 Å². The van der Waals surface area contributed by atoms with Crippen molar-refractivity contribution in [2.45, 2.75) is 43.4 Å². The Morgan fingerprint density at radius 2 is 1.76 bits per heavy atom. The van der Waals surface area contributed by atoms with E-state index in [0.717, 1.165) is 0 Å². The lowest BCUT2D eigenvalue weighted by Gasteiger charge is -2.35. The number of hydrogen-bond donors (Lipinski definition) is 0. The molecule has 0 nitrogen and oxygen atoms in total. The molecule has 0 N–H and O–H groups in total. The van der Waals surface area contributed by atoms with Crippen LogP contribution < -0.4 is 0 Å². The first-order chi connectivity index (χ1) is 8.35. The van der Waals surface area contributed by atoms with Gasteiger partial charge in [0.2, 0.25) is 0 Å². The molecule has 0 heterocycles. The van der Waals surface area contributed by atoms with Crippen molar-refractivity contribution >= 4 is 27.7 Å². The zero-order valence-corrected chi connectivity index (χ0v) is 12.7. The van der Waals surface area contributed by atoms with E-state index in [1.807, 2.05) is 11.8 Å². The quantitative estimate of drug-likeness (QED) is 0.510. The van der Waals surface area contributed by atoms with Crippen LogP contribution in [0.25, 0.3) is 0 Å². The highest BCUT2D eigenvalue weighted by molar-refractivity contribution is 9.09. The zero-order chi connectivity index (χ0) is 12.0. The van der Waals surface area contributed by atoms with Gasteiger partial charge in [-0.15, -0.1) is 11.8 Å². The van der Waals surface area contributed by atoms with Crippen LogP contribution in [-0.4, -0.2) is 11.1 Å². The Kier molecular flexibility index (Phi) is 5.43. The lowest BCUT2D eigenvalue weighted by atomic mass is 9.74. The van der Waals surface area contributed by atoms with Gasteiger partial charge in [-0.3, -0.25) is 0 Å². The van der Waals surface area contributed by atoms with Gasteiger partial charge in [0.05, 0.1) is 0 Å². The summed E-state index contributed by atoms with van der Waals surface area (Å²) in [5.41, 5.74) is 0.597. The van der Waals surface area contributed by atoms with Crippen LogP contribution in [0.4, 0.5) is 0 Å². The Morgan fingerprint density at radius 1 is 1.06 bits per heavy atom. The van der Waals surface area contributed by atoms with Gasteiger partial charge >= 0.3 is 0 Å². The van der Waals surface area contributed by atoms with E-state index in [1.54, 1.807) is 0 Å². The standard InChI is InChI=1S/C15H21BrS/c16-13-15(9-5-2-6-10-15)11-12-17-14-7-3-1-4-8-14/h1,3-4,7-8H,2,5-6,9-13H2. The zero-order valence-electron chi connectivity index (χ0n) is 10.3. The molecule has 0 aliphatic heterocycles. The molecule has 1 saturated carbocycles. The summed E-state index contributed by atoms with van der Waals surface area (Å²) in [7, 11) is 0. The van der Waals surface area contributed by atoms with Gasteiger partial charge < -0.3 is 0 Å². The Bertz CT molecular complexity index is 317. The van der Waals surface area contributed by atoms with E-state index >= 15 is 0 Å². The van der Waals surface area contributed by atoms with Gasteiger partial charge in [0.15, 0.2) is 0 Å². The summed E-state index contributed by atoms with van der Waals surface area (Å²) in [6.45, 7) is 0. The molecule has 1 aliphatic carbocycles. The summed E-state index contributed by atoms with van der Waals surface area (Å²) >= 11 is 5.75. The van der Waals surface area contributed by atoms with E-state index in [0.29, 0.717) is 5.41 Å². The third-order valence-electron chi connectivity index (χ3n) is 3.84. The third-order valence-corrected chi connectivity index (χ3v) is 6.05. The van der Waals surface area contributed by atoms with Gasteiger partial charge in [0.1, 0.15) is 0 Å². The molecule has 0 unspecified atom stereocenters. The fraction of sp³-hybridized carbons (Fsp3) is 0.600. The summed E-state index contributed by atoms with van der Waals surface area (Å²) in [6.07, 6.45) is 8.52. The SMILES string of the molecule is BrCC1(CCSc2ccccc2)CCCCC1. The molecule has 0 aromatic heterocycles. The lowest BCUT2D eigenvalue weighted by Crippen LogP contribution is -2.26. The molecule has 0 amide bonds. The second-order valence-corrected chi connectivity index (χ2v) is 6.83. The first-order valence-corrected chi connectivity index (χ1v) is 8.69. The van der Waals surface area contributed by atoms with Crippen molar-refractivity contribution in [3.8, 4) is 0 Å². The van der Waals surface area contributed by atoms with Crippen LogP contribution in [-0.2, 0) is 0 Å². The van der Waals surface area contributed by atoms with E-state index in [1.165, 1.54) is 54.5 Å². The maximum Gasteiger partial charge on any atom is 0.00882 e. The average Bonchev–Trinajstić information content (AvgIpc) is 2.41. The van der Waals surface area contributed by atoms with Crippen LogP contribution in [0.15, 0.2) is 35.2 Å². The van der Waals surface area contributed by atoms with Crippen molar-refractivity contribution in [1.82, 2.24) is 0 Å². The first kappa shape index (κ1) is 13.5. The summed E-state index contributed by atoms with van der Waals surface area (Å²) in [6, 6.07) is 10.8. The second-order valence-electron chi connectivity index (χ2n) is 5.11. The minimum absolute atomic E-state index is 0.597. The summed E-state index contributed by atoms with van der Waals surface area (Å²) in [4.78, 5) is 1.41. The maximum absolute atomic E-state index is 3.75. The van der Waals surface area contributed by atoms with Gasteiger partial charge in [-0.2, -0.15) is 0 Å². The number of hydrogen-bond acceptors (Lipinski definition) is 1. The maximum atomic E-state index is 3.75. The first-order valence-electron chi connectivity index (χ1n) is 6.58. The van der Waals surface area contributed by atoms with Crippen molar-refractivity contribution in [3.05, 3.63) is 30.3 Å². The molecule has 2 heteroatoms. The molecule has 1 aromatic carbocycles. The van der Waals surface area contributed by atoms with E-state index < -0.39 is 0 Å². The van der Waals surface area contributed by atoms with E-state index in [2.05, 4.69) is 46.3 Å². The van der Waals surface area contributed by atoms with Crippen LogP contribution >= 0.6 is 27.7 Å². The van der Waals surface area contributed by atoms with Crippen LogP contribution in [0, 0.1) is 5.41 Å². The Balaban J connectivity index is 1.80. The van der Waals surface area contributed by atoms with Crippen LogP contribution in [0.1, 0.15) is 38.5 Å². The number of halogens is 1. The topological polar surface area (TPSA) is 0 Å². The summed E-state index contributed by atoms with van der Waals surface area (Å²) < 4.78 is 0. The minimum Gasteiger partial charge on any atom is -0.126 e. The molecule has 94 valence electrons. The van der Waals surface area contributed by atoms with E-state index in [9.17, 15) is 0 Å². The van der Waals surface area contributed by atoms with Crippen LogP contribution in [0.5, 0.6) is 0 Å². The lowest BCUT2D eigenvalue weighted by molar-refractivity contribution is 0.218. The van der Waals surface area contributed by atoms with Gasteiger partial charge in [0, 0.05) is 10.2 Å². The second kappa shape index (κ2) is 6.84. The molecule has 1 fully saturated rings. The predicted molar refractivity (Wildman–Crippen MR) is 81.1 cm³/mol. The van der Waals surface area contributed by atoms with E-state index in [-0.39, 0.29) is 0 Å². The molecular formula is C15H21BrS. The van der Waals surface area contributed by atoms with Crippen molar-refractivity contribution in [3.63, 3.8) is 0 Å². The van der Waals surface area contributed by atoms with Crippen molar-refractivity contribution < 1.29 is 0 Å². The fourth-order valence-electron chi connectivity index (χ4n) is 2.65. The normalized spacial score (nSPS) is 19.1. The summed E-state index contributed by atoms with van der Waals surface area (Å²) in [5, 5.41) is 1.19. The molecule has 1 aromatic rings. The van der Waals surface area contributed by atoms with Crippen molar-refractivity contribution in [2.24, 2.45) is 5.41 Å². The number of thioether (sulfide) groups is 1. The Hall–Kier alpha value is 0.0500. The third kappa shape index (κ3) is 4.03. The smallest absolute Gasteiger partial charge is 0.00882 e. The summed E-state index contributed by atoms with van der Waals surface area (Å²) in [5.74, 6) is 1.26. The molecule has 0 radical (unpaired) electrons. The Morgan fingerprint density at radius 3 is 2.41 bits per heavy atom. The molecule has 1 aliphatic rings. The number of rotatable bonds is 5. The number of alkyl halides is 1. The highest BCUT2D eigenvalue weighted by Gasteiger charge is 2.30. The molecule has 0 atom stereocenters. The molecular weight excluding hydrogens is 292 g/mol. The van der Waals surface area contributed by atoms with Crippen LogP contribution in [0.3, 0.4) is 0 Å². The van der Waals surface area contributed by atoms with Gasteiger partial charge in [-0.25, -0.2) is 0 Å². The van der Waals surface area contributed by atoms with Crippen molar-refractivity contribution in [2.75, 3.05) is 11.1 Å². The molecule has 0 bridgehead atoms. The van der Waals surface area contributed by atoms with Gasteiger partial charge in [-0.1, -0.05) is 53.4 Å². The fourth-order valence-corrected chi connectivity index (χ4v) is 4.62. The minimum atomic E-state index is 0.597. The Labute approximate surface area is 118 Å². The average molecular weight is 313 g/mol. The molecule has 2 rings (SSSR count). The van der Waals surface area contributed by atoms with Gasteiger partial charge in [0.25, 0.3) is 0 Å². The predicted octanol–water partition coefficient (Wildman–Crippen LogP) is 5.51. The van der Waals surface area contributed by atoms with Gasteiger partial charge in [-0.05, 0) is 42.6 Å². The highest BCUT2D eigenvalue weighted by Crippen LogP contribution is 2.41. The molecule has 0 spiro atoms. The monoisotopic (exact) mass is 312 g/mol. The largest absolute Gasteiger partial charge is 0.126 e. The highest BCUT2D eigenvalue weighted by atomic mass is 79.9. The molecule has 17 heavy (non-hydrogen) atoms. The number of benzene rings is 1.